The standard InChI is InChI=1S/C13H23N5/c1-10-15-11(17-14)9-12(16-10)18-7-4-5-13(2,3)6-8-18/h9H,4-8,14H2,1-3H3,(H,15,16,17). The van der Waals surface area contributed by atoms with Crippen LogP contribution in [0.3, 0.4) is 0 Å². The molecule has 0 unspecified atom stereocenters. The third-order valence-corrected chi connectivity index (χ3v) is 3.64. The highest BCUT2D eigenvalue weighted by atomic mass is 15.3. The van der Waals surface area contributed by atoms with Crippen molar-refractivity contribution in [2.75, 3.05) is 23.4 Å². The van der Waals surface area contributed by atoms with E-state index in [1.165, 1.54) is 19.3 Å². The molecule has 1 saturated heterocycles. The molecule has 1 aromatic rings. The molecule has 0 aromatic carbocycles. The molecule has 1 aliphatic rings. The molecular weight excluding hydrogens is 226 g/mol. The van der Waals surface area contributed by atoms with Gasteiger partial charge >= 0.3 is 0 Å². The van der Waals surface area contributed by atoms with Crippen molar-refractivity contribution < 1.29 is 0 Å². The zero-order valence-corrected chi connectivity index (χ0v) is 11.5. The van der Waals surface area contributed by atoms with Gasteiger partial charge < -0.3 is 10.3 Å². The molecule has 1 fully saturated rings. The summed E-state index contributed by atoms with van der Waals surface area (Å²) in [4.78, 5) is 11.1. The molecule has 1 aromatic heterocycles. The first-order valence-corrected chi connectivity index (χ1v) is 6.57. The molecule has 0 aliphatic carbocycles. The van der Waals surface area contributed by atoms with E-state index in [1.54, 1.807) is 0 Å². The number of hydrogen-bond acceptors (Lipinski definition) is 5. The summed E-state index contributed by atoms with van der Waals surface area (Å²) < 4.78 is 0. The van der Waals surface area contributed by atoms with E-state index >= 15 is 0 Å². The van der Waals surface area contributed by atoms with Gasteiger partial charge in [0, 0.05) is 19.2 Å². The molecule has 0 bridgehead atoms. The van der Waals surface area contributed by atoms with Crippen molar-refractivity contribution in [2.45, 2.75) is 40.0 Å². The van der Waals surface area contributed by atoms with Gasteiger partial charge in [-0.3, -0.25) is 0 Å². The SMILES string of the molecule is Cc1nc(NN)cc(N2CCCC(C)(C)CC2)n1. The molecule has 0 saturated carbocycles. The Bertz CT molecular complexity index is 416. The first-order chi connectivity index (χ1) is 8.50. The minimum absolute atomic E-state index is 0.436. The highest BCUT2D eigenvalue weighted by Crippen LogP contribution is 2.31. The van der Waals surface area contributed by atoms with E-state index in [2.05, 4.69) is 34.1 Å². The van der Waals surface area contributed by atoms with Gasteiger partial charge in [-0.25, -0.2) is 15.8 Å². The first kappa shape index (κ1) is 13.1. The Hall–Kier alpha value is -1.36. The number of aromatic nitrogens is 2. The van der Waals surface area contributed by atoms with Gasteiger partial charge in [-0.15, -0.1) is 0 Å². The molecule has 5 heteroatoms. The van der Waals surface area contributed by atoms with Crippen LogP contribution in [-0.4, -0.2) is 23.1 Å². The van der Waals surface area contributed by atoms with Crippen LogP contribution in [0.25, 0.3) is 0 Å². The molecule has 18 heavy (non-hydrogen) atoms. The van der Waals surface area contributed by atoms with E-state index in [-0.39, 0.29) is 0 Å². The van der Waals surface area contributed by atoms with Gasteiger partial charge in [0.25, 0.3) is 0 Å². The van der Waals surface area contributed by atoms with Crippen LogP contribution in [-0.2, 0) is 0 Å². The van der Waals surface area contributed by atoms with Crippen LogP contribution in [0, 0.1) is 12.3 Å². The predicted octanol–water partition coefficient (Wildman–Crippen LogP) is 2.09. The van der Waals surface area contributed by atoms with E-state index in [4.69, 9.17) is 5.84 Å². The fourth-order valence-corrected chi connectivity index (χ4v) is 2.44. The Morgan fingerprint density at radius 3 is 2.78 bits per heavy atom. The van der Waals surface area contributed by atoms with Crippen LogP contribution in [0.4, 0.5) is 11.6 Å². The largest absolute Gasteiger partial charge is 0.356 e. The maximum absolute atomic E-state index is 5.43. The summed E-state index contributed by atoms with van der Waals surface area (Å²) in [5, 5.41) is 0. The van der Waals surface area contributed by atoms with E-state index in [0.29, 0.717) is 11.2 Å². The summed E-state index contributed by atoms with van der Waals surface area (Å²) in [7, 11) is 0. The van der Waals surface area contributed by atoms with E-state index in [9.17, 15) is 0 Å². The zero-order valence-electron chi connectivity index (χ0n) is 11.5. The summed E-state index contributed by atoms with van der Waals surface area (Å²) in [5.74, 6) is 7.85. The number of nitrogens with one attached hydrogen (secondary N) is 1. The average Bonchev–Trinajstić information content (AvgIpc) is 2.49. The fraction of sp³-hybridized carbons (Fsp3) is 0.692. The maximum atomic E-state index is 5.43. The summed E-state index contributed by atoms with van der Waals surface area (Å²) in [5.41, 5.74) is 3.04. The molecule has 3 N–H and O–H groups in total. The van der Waals surface area contributed by atoms with Crippen LogP contribution in [0.5, 0.6) is 0 Å². The van der Waals surface area contributed by atoms with Crippen molar-refractivity contribution >= 4 is 11.6 Å². The van der Waals surface area contributed by atoms with Crippen LogP contribution in [0.2, 0.25) is 0 Å². The van der Waals surface area contributed by atoms with Gasteiger partial charge in [0.05, 0.1) is 0 Å². The summed E-state index contributed by atoms with van der Waals surface area (Å²) in [6, 6.07) is 1.92. The van der Waals surface area contributed by atoms with Gasteiger partial charge in [-0.1, -0.05) is 13.8 Å². The number of hydrazine groups is 1. The lowest BCUT2D eigenvalue weighted by atomic mass is 9.85. The smallest absolute Gasteiger partial charge is 0.145 e. The Kier molecular flexibility index (Phi) is 3.71. The Morgan fingerprint density at radius 2 is 2.06 bits per heavy atom. The van der Waals surface area contributed by atoms with Crippen molar-refractivity contribution in [3.63, 3.8) is 0 Å². The van der Waals surface area contributed by atoms with Gasteiger partial charge in [0.2, 0.25) is 0 Å². The Morgan fingerprint density at radius 1 is 1.28 bits per heavy atom. The van der Waals surface area contributed by atoms with E-state index in [1.807, 2.05) is 13.0 Å². The fourth-order valence-electron chi connectivity index (χ4n) is 2.44. The first-order valence-electron chi connectivity index (χ1n) is 6.57. The topological polar surface area (TPSA) is 67.1 Å². The molecule has 5 nitrogen and oxygen atoms in total. The van der Waals surface area contributed by atoms with Gasteiger partial charge in [0.15, 0.2) is 0 Å². The van der Waals surface area contributed by atoms with Gasteiger partial charge in [0.1, 0.15) is 17.5 Å². The van der Waals surface area contributed by atoms with Crippen LogP contribution in [0.1, 0.15) is 38.9 Å². The summed E-state index contributed by atoms with van der Waals surface area (Å²) in [6.07, 6.45) is 3.68. The number of nitrogens with two attached hydrogens (primary N) is 1. The summed E-state index contributed by atoms with van der Waals surface area (Å²) in [6.45, 7) is 8.69. The van der Waals surface area contributed by atoms with E-state index in [0.717, 1.165) is 24.7 Å². The highest BCUT2D eigenvalue weighted by Gasteiger charge is 2.23. The second kappa shape index (κ2) is 5.10. The summed E-state index contributed by atoms with van der Waals surface area (Å²) >= 11 is 0. The van der Waals surface area contributed by atoms with Crippen molar-refractivity contribution in [3.05, 3.63) is 11.9 Å². The van der Waals surface area contributed by atoms with Crippen molar-refractivity contribution in [1.29, 1.82) is 0 Å². The number of rotatable bonds is 2. The third-order valence-electron chi connectivity index (χ3n) is 3.64. The van der Waals surface area contributed by atoms with Crippen molar-refractivity contribution in [3.8, 4) is 0 Å². The lowest BCUT2D eigenvalue weighted by Crippen LogP contribution is -2.26. The number of nitrogens with zero attached hydrogens (tertiary/aromatic N) is 3. The molecule has 2 heterocycles. The molecular formula is C13H23N5. The number of nitrogen functional groups attached to an aromatic ring is 1. The minimum atomic E-state index is 0.436. The van der Waals surface area contributed by atoms with Crippen LogP contribution < -0.4 is 16.2 Å². The van der Waals surface area contributed by atoms with Crippen LogP contribution in [0.15, 0.2) is 6.07 Å². The van der Waals surface area contributed by atoms with Gasteiger partial charge in [-0.05, 0) is 31.6 Å². The van der Waals surface area contributed by atoms with E-state index < -0.39 is 0 Å². The quantitative estimate of drug-likeness (QED) is 0.620. The van der Waals surface area contributed by atoms with Crippen molar-refractivity contribution in [1.82, 2.24) is 9.97 Å². The van der Waals surface area contributed by atoms with Crippen molar-refractivity contribution in [2.24, 2.45) is 11.3 Å². The monoisotopic (exact) mass is 249 g/mol. The molecule has 0 spiro atoms. The lowest BCUT2D eigenvalue weighted by Gasteiger charge is -2.24. The normalized spacial score (nSPS) is 19.4. The average molecular weight is 249 g/mol. The third kappa shape index (κ3) is 3.10. The minimum Gasteiger partial charge on any atom is -0.356 e. The predicted molar refractivity (Wildman–Crippen MR) is 74.4 cm³/mol. The second-order valence-corrected chi connectivity index (χ2v) is 5.81. The second-order valence-electron chi connectivity index (χ2n) is 5.81. The highest BCUT2D eigenvalue weighted by molar-refractivity contribution is 5.48. The molecule has 100 valence electrons. The number of hydrogen-bond donors (Lipinski definition) is 2. The number of anilines is 2. The molecule has 0 atom stereocenters. The molecule has 2 rings (SSSR count). The zero-order chi connectivity index (χ0) is 13.2. The Balaban J connectivity index is 2.18. The molecule has 0 amide bonds. The molecule has 1 aliphatic heterocycles. The van der Waals surface area contributed by atoms with Crippen LogP contribution >= 0.6 is 0 Å². The lowest BCUT2D eigenvalue weighted by molar-refractivity contribution is 0.325. The maximum Gasteiger partial charge on any atom is 0.145 e. The molecule has 0 radical (unpaired) electrons. The Labute approximate surface area is 109 Å². The number of aryl methyl sites for hydroxylation is 1. The van der Waals surface area contributed by atoms with Gasteiger partial charge in [-0.2, -0.15) is 0 Å².